The van der Waals surface area contributed by atoms with Gasteiger partial charge < -0.3 is 15.2 Å². The topological polar surface area (TPSA) is 90.7 Å². The molecule has 1 aliphatic heterocycles. The third kappa shape index (κ3) is 3.61. The second kappa shape index (κ2) is 6.25. The average molecular weight is 296 g/mol. The van der Waals surface area contributed by atoms with Gasteiger partial charge in [-0.2, -0.15) is 0 Å². The molecule has 0 radical (unpaired) electrons. The van der Waals surface area contributed by atoms with Crippen molar-refractivity contribution in [3.8, 4) is 0 Å². The van der Waals surface area contributed by atoms with Gasteiger partial charge >= 0.3 is 0 Å². The monoisotopic (exact) mass is 296 g/mol. The predicted molar refractivity (Wildman–Crippen MR) is 73.0 cm³/mol. The molecule has 18 heavy (non-hydrogen) atoms. The van der Waals surface area contributed by atoms with E-state index in [0.29, 0.717) is 26.1 Å². The Hall–Kier alpha value is -0.280. The van der Waals surface area contributed by atoms with Crippen LogP contribution in [-0.4, -0.2) is 51.1 Å². The van der Waals surface area contributed by atoms with Crippen LogP contribution in [0.4, 0.5) is 0 Å². The van der Waals surface area contributed by atoms with Gasteiger partial charge in [0.25, 0.3) is 0 Å². The molecule has 1 aliphatic rings. The molecule has 3 N–H and O–H groups in total. The van der Waals surface area contributed by atoms with E-state index < -0.39 is 20.9 Å². The molecule has 6 nitrogen and oxygen atoms in total. The Labute approximate surface area is 113 Å². The van der Waals surface area contributed by atoms with Crippen LogP contribution < -0.4 is 10.5 Å². The van der Waals surface area contributed by atoms with E-state index in [1.54, 1.807) is 14.0 Å². The highest BCUT2D eigenvalue weighted by molar-refractivity contribution is 7.93. The van der Waals surface area contributed by atoms with Gasteiger partial charge in [0.1, 0.15) is 10.9 Å². The molecule has 106 valence electrons. The molecular weight excluding hydrogens is 276 g/mol. The first-order valence-electron chi connectivity index (χ1n) is 5.77. The summed E-state index contributed by atoms with van der Waals surface area (Å²) in [5.41, 5.74) is 4.86. The number of nitrogens with two attached hydrogens (primary N) is 1. The fraction of sp³-hybridized carbons (Fsp3) is 0.900. The summed E-state index contributed by atoms with van der Waals surface area (Å²) in [5, 5.41) is -0.844. The lowest BCUT2D eigenvalue weighted by molar-refractivity contribution is -0.0121. The zero-order valence-corrected chi connectivity index (χ0v) is 12.3. The fourth-order valence-corrected chi connectivity index (χ4v) is 3.82. The summed E-state index contributed by atoms with van der Waals surface area (Å²) in [7, 11) is -2.01. The van der Waals surface area contributed by atoms with Gasteiger partial charge in [0.2, 0.25) is 10.0 Å². The molecule has 0 saturated carbocycles. The van der Waals surface area contributed by atoms with Gasteiger partial charge in [-0.3, -0.25) is 0 Å². The molecular formula is C10H20N2O4S2. The highest BCUT2D eigenvalue weighted by Gasteiger charge is 2.37. The largest absolute Gasteiger partial charge is 0.392 e. The van der Waals surface area contributed by atoms with Crippen LogP contribution in [0.1, 0.15) is 19.8 Å². The smallest absolute Gasteiger partial charge is 0.221 e. The summed E-state index contributed by atoms with van der Waals surface area (Å²) in [6, 6.07) is 0. The van der Waals surface area contributed by atoms with E-state index in [4.69, 9.17) is 27.4 Å². The zero-order valence-electron chi connectivity index (χ0n) is 10.6. The third-order valence-electron chi connectivity index (χ3n) is 3.16. The lowest BCUT2D eigenvalue weighted by Crippen LogP contribution is -2.49. The molecule has 0 aromatic heterocycles. The number of sulfonamides is 1. The van der Waals surface area contributed by atoms with Crippen molar-refractivity contribution in [3.63, 3.8) is 0 Å². The Morgan fingerprint density at radius 2 is 2.33 bits per heavy atom. The molecule has 0 amide bonds. The molecule has 1 fully saturated rings. The first-order chi connectivity index (χ1) is 8.37. The summed E-state index contributed by atoms with van der Waals surface area (Å²) in [5.74, 6) is 0. The highest BCUT2D eigenvalue weighted by atomic mass is 32.2. The van der Waals surface area contributed by atoms with Crippen molar-refractivity contribution < 1.29 is 17.9 Å². The van der Waals surface area contributed by atoms with Crippen molar-refractivity contribution in [2.75, 3.05) is 26.9 Å². The number of rotatable bonds is 7. The maximum atomic E-state index is 12.0. The van der Waals surface area contributed by atoms with Gasteiger partial charge in [0, 0.05) is 26.7 Å². The normalized spacial score (nSPS) is 26.1. The van der Waals surface area contributed by atoms with E-state index in [1.807, 2.05) is 0 Å². The third-order valence-corrected chi connectivity index (χ3v) is 5.48. The summed E-state index contributed by atoms with van der Waals surface area (Å²) in [4.78, 5) is -0.0147. The lowest BCUT2D eigenvalue weighted by Gasteiger charge is -2.27. The molecule has 0 spiro atoms. The maximum Gasteiger partial charge on any atom is 0.221 e. The van der Waals surface area contributed by atoms with Crippen molar-refractivity contribution in [1.82, 2.24) is 4.72 Å². The first-order valence-corrected chi connectivity index (χ1v) is 7.73. The minimum absolute atomic E-state index is 0.0147. The minimum atomic E-state index is -3.56. The Bertz CT molecular complexity index is 391. The van der Waals surface area contributed by atoms with Crippen molar-refractivity contribution in [2.45, 2.75) is 30.6 Å². The van der Waals surface area contributed by atoms with Crippen molar-refractivity contribution >= 4 is 27.2 Å². The van der Waals surface area contributed by atoms with Crippen LogP contribution in [0.15, 0.2) is 0 Å². The van der Waals surface area contributed by atoms with Crippen LogP contribution in [0.2, 0.25) is 0 Å². The molecule has 0 aromatic carbocycles. The average Bonchev–Trinajstić information content (AvgIpc) is 2.76. The Balaban J connectivity index is 2.69. The molecule has 0 aliphatic carbocycles. The van der Waals surface area contributed by atoms with Gasteiger partial charge in [-0.1, -0.05) is 19.1 Å². The second-order valence-corrected chi connectivity index (χ2v) is 6.77. The van der Waals surface area contributed by atoms with E-state index >= 15 is 0 Å². The second-order valence-electron chi connectivity index (χ2n) is 4.36. The summed E-state index contributed by atoms with van der Waals surface area (Å²) < 4.78 is 37.2. The van der Waals surface area contributed by atoms with Crippen molar-refractivity contribution in [2.24, 2.45) is 5.73 Å². The molecule has 2 atom stereocenters. The molecule has 1 rings (SSSR count). The zero-order chi connectivity index (χ0) is 13.8. The number of ether oxygens (including phenoxy) is 2. The minimum Gasteiger partial charge on any atom is -0.392 e. The number of hydrogen-bond donors (Lipinski definition) is 2. The Morgan fingerprint density at radius 1 is 1.67 bits per heavy atom. The lowest BCUT2D eigenvalue weighted by atomic mass is 10.0. The fourth-order valence-electron chi connectivity index (χ4n) is 1.87. The van der Waals surface area contributed by atoms with Crippen LogP contribution in [0.3, 0.4) is 0 Å². The highest BCUT2D eigenvalue weighted by Crippen LogP contribution is 2.22. The number of hydrogen-bond acceptors (Lipinski definition) is 5. The standard InChI is InChI=1S/C10H20N2O4S2/c1-3-8(9(11)17)18(13,14)12-6-10(15-2)4-5-16-7-10/h8,12H,3-7H2,1-2H3,(H2,11,17). The Morgan fingerprint density at radius 3 is 2.72 bits per heavy atom. The van der Waals surface area contributed by atoms with Gasteiger partial charge in [-0.05, 0) is 6.42 Å². The predicted octanol–water partition coefficient (Wildman–Crippen LogP) is -0.224. The van der Waals surface area contributed by atoms with Crippen molar-refractivity contribution in [3.05, 3.63) is 0 Å². The van der Waals surface area contributed by atoms with E-state index in [1.165, 1.54) is 0 Å². The van der Waals surface area contributed by atoms with E-state index in [9.17, 15) is 8.42 Å². The van der Waals surface area contributed by atoms with Crippen LogP contribution in [0, 0.1) is 0 Å². The van der Waals surface area contributed by atoms with E-state index in [2.05, 4.69) is 4.72 Å². The molecule has 1 saturated heterocycles. The molecule has 0 aromatic rings. The van der Waals surface area contributed by atoms with Crippen LogP contribution >= 0.6 is 12.2 Å². The van der Waals surface area contributed by atoms with Crippen LogP contribution in [0.5, 0.6) is 0 Å². The Kier molecular flexibility index (Phi) is 5.47. The molecule has 0 bridgehead atoms. The number of methoxy groups -OCH3 is 1. The van der Waals surface area contributed by atoms with Crippen LogP contribution in [0.25, 0.3) is 0 Å². The van der Waals surface area contributed by atoms with E-state index in [-0.39, 0.29) is 11.5 Å². The van der Waals surface area contributed by atoms with Gasteiger partial charge in [-0.25, -0.2) is 13.1 Å². The first kappa shape index (κ1) is 15.8. The SMILES string of the molecule is CCC(C(N)=S)S(=O)(=O)NCC1(OC)CCOC1. The van der Waals surface area contributed by atoms with Crippen LogP contribution in [-0.2, 0) is 19.5 Å². The van der Waals surface area contributed by atoms with Gasteiger partial charge in [0.05, 0.1) is 11.6 Å². The van der Waals surface area contributed by atoms with Gasteiger partial charge in [-0.15, -0.1) is 0 Å². The summed E-state index contributed by atoms with van der Waals surface area (Å²) >= 11 is 4.77. The summed E-state index contributed by atoms with van der Waals surface area (Å²) in [6.07, 6.45) is 1.01. The summed E-state index contributed by atoms with van der Waals surface area (Å²) in [6.45, 7) is 2.86. The van der Waals surface area contributed by atoms with E-state index in [0.717, 1.165) is 0 Å². The number of nitrogens with one attached hydrogen (secondary N) is 1. The molecule has 2 unspecified atom stereocenters. The van der Waals surface area contributed by atoms with Gasteiger partial charge in [0.15, 0.2) is 0 Å². The molecule has 1 heterocycles. The molecule has 8 heteroatoms. The quantitative estimate of drug-likeness (QED) is 0.631. The van der Waals surface area contributed by atoms with Crippen molar-refractivity contribution in [1.29, 1.82) is 0 Å². The number of thiocarbonyl (C=S) groups is 1. The maximum absolute atomic E-state index is 12.0.